The van der Waals surface area contributed by atoms with Crippen LogP contribution < -0.4 is 0 Å². The van der Waals surface area contributed by atoms with E-state index in [-0.39, 0.29) is 35.2 Å². The third kappa shape index (κ3) is 1.72. The van der Waals surface area contributed by atoms with Gasteiger partial charge < -0.3 is 14.9 Å². The maximum atomic E-state index is 11.7. The molecular formula is C17H28O4. The van der Waals surface area contributed by atoms with E-state index in [0.29, 0.717) is 6.42 Å². The average molecular weight is 296 g/mol. The van der Waals surface area contributed by atoms with Crippen molar-refractivity contribution in [2.75, 3.05) is 0 Å². The number of aliphatic hydroxyl groups is 2. The summed E-state index contributed by atoms with van der Waals surface area (Å²) in [6, 6.07) is 0. The highest BCUT2D eigenvalue weighted by molar-refractivity contribution is 5.66. The molecule has 0 amide bonds. The van der Waals surface area contributed by atoms with Crippen molar-refractivity contribution in [2.45, 2.75) is 71.7 Å². The van der Waals surface area contributed by atoms with Crippen LogP contribution in [0.25, 0.3) is 0 Å². The highest BCUT2D eigenvalue weighted by atomic mass is 16.5. The van der Waals surface area contributed by atoms with Gasteiger partial charge in [-0.05, 0) is 36.5 Å². The molecule has 3 rings (SSSR count). The van der Waals surface area contributed by atoms with Crippen molar-refractivity contribution in [2.24, 2.45) is 28.6 Å². The van der Waals surface area contributed by atoms with Crippen molar-refractivity contribution in [3.8, 4) is 0 Å². The molecule has 3 saturated carbocycles. The fraction of sp³-hybridized carbons (Fsp3) is 0.941. The minimum Gasteiger partial charge on any atom is -0.462 e. The first-order valence-corrected chi connectivity index (χ1v) is 8.11. The Labute approximate surface area is 126 Å². The second kappa shape index (κ2) is 4.23. The summed E-state index contributed by atoms with van der Waals surface area (Å²) in [6.07, 6.45) is 1.48. The van der Waals surface area contributed by atoms with E-state index in [1.165, 1.54) is 6.92 Å². The van der Waals surface area contributed by atoms with Crippen LogP contribution in [0.1, 0.15) is 53.9 Å². The predicted molar refractivity (Wildman–Crippen MR) is 78.4 cm³/mol. The Bertz CT molecular complexity index is 473. The summed E-state index contributed by atoms with van der Waals surface area (Å²) in [5.74, 6) is -0.0356. The molecule has 0 aliphatic heterocycles. The largest absolute Gasteiger partial charge is 0.462 e. The molecule has 4 nitrogen and oxygen atoms in total. The van der Waals surface area contributed by atoms with Gasteiger partial charge in [0.1, 0.15) is 6.10 Å². The number of carbonyl (C=O) groups excluding carboxylic acids is 1. The number of aliphatic hydroxyl groups excluding tert-OH is 1. The maximum absolute atomic E-state index is 11.7. The third-order valence-corrected chi connectivity index (χ3v) is 6.81. The van der Waals surface area contributed by atoms with Crippen LogP contribution >= 0.6 is 0 Å². The third-order valence-electron chi connectivity index (χ3n) is 6.81. The van der Waals surface area contributed by atoms with Gasteiger partial charge in [-0.2, -0.15) is 0 Å². The Morgan fingerprint density at radius 1 is 1.24 bits per heavy atom. The molecule has 0 radical (unpaired) electrons. The summed E-state index contributed by atoms with van der Waals surface area (Å²) >= 11 is 0. The van der Waals surface area contributed by atoms with Crippen LogP contribution in [0.2, 0.25) is 0 Å². The SMILES string of the molecule is CC(=O)OC1CC(C)C2CC(O)C3(C)CC(C)(C)C1C23O. The summed E-state index contributed by atoms with van der Waals surface area (Å²) in [6.45, 7) is 9.83. The van der Waals surface area contributed by atoms with Gasteiger partial charge in [0.2, 0.25) is 0 Å². The fourth-order valence-electron chi connectivity index (χ4n) is 6.32. The van der Waals surface area contributed by atoms with Gasteiger partial charge in [0, 0.05) is 18.3 Å². The lowest BCUT2D eigenvalue weighted by molar-refractivity contribution is -0.198. The first-order valence-electron chi connectivity index (χ1n) is 8.11. The first-order chi connectivity index (χ1) is 9.54. The summed E-state index contributed by atoms with van der Waals surface area (Å²) in [7, 11) is 0. The molecule has 2 N–H and O–H groups in total. The van der Waals surface area contributed by atoms with Crippen LogP contribution in [-0.2, 0) is 9.53 Å². The molecule has 0 bridgehead atoms. The first kappa shape index (κ1) is 15.3. The molecule has 21 heavy (non-hydrogen) atoms. The van der Waals surface area contributed by atoms with E-state index in [9.17, 15) is 15.0 Å². The molecule has 0 aromatic carbocycles. The molecule has 3 fully saturated rings. The van der Waals surface area contributed by atoms with Crippen LogP contribution in [0.5, 0.6) is 0 Å². The minimum absolute atomic E-state index is 0.0936. The Morgan fingerprint density at radius 2 is 1.86 bits per heavy atom. The summed E-state index contributed by atoms with van der Waals surface area (Å²) < 4.78 is 5.60. The average Bonchev–Trinajstić information content (AvgIpc) is 2.59. The number of rotatable bonds is 1. The van der Waals surface area contributed by atoms with Crippen LogP contribution in [0, 0.1) is 28.6 Å². The molecule has 3 aliphatic rings. The number of esters is 1. The van der Waals surface area contributed by atoms with Crippen molar-refractivity contribution < 1.29 is 19.7 Å². The smallest absolute Gasteiger partial charge is 0.302 e. The summed E-state index contributed by atoms with van der Waals surface area (Å²) in [5.41, 5.74) is -1.59. The Morgan fingerprint density at radius 3 is 2.43 bits per heavy atom. The van der Waals surface area contributed by atoms with E-state index in [2.05, 4.69) is 20.8 Å². The topological polar surface area (TPSA) is 66.8 Å². The van der Waals surface area contributed by atoms with E-state index in [1.807, 2.05) is 6.92 Å². The molecule has 0 heterocycles. The molecule has 0 spiro atoms. The lowest BCUT2D eigenvalue weighted by Gasteiger charge is -2.52. The number of hydrogen-bond donors (Lipinski definition) is 2. The van der Waals surface area contributed by atoms with Crippen LogP contribution in [0.3, 0.4) is 0 Å². The van der Waals surface area contributed by atoms with Crippen molar-refractivity contribution in [3.05, 3.63) is 0 Å². The number of ether oxygens (including phenoxy) is 1. The predicted octanol–water partition coefficient (Wildman–Crippen LogP) is 2.12. The molecule has 4 heteroatoms. The zero-order valence-electron chi connectivity index (χ0n) is 13.7. The monoisotopic (exact) mass is 296 g/mol. The lowest BCUT2D eigenvalue weighted by atomic mass is 9.59. The molecule has 120 valence electrons. The van der Waals surface area contributed by atoms with Gasteiger partial charge in [0.05, 0.1) is 11.7 Å². The van der Waals surface area contributed by atoms with Crippen LogP contribution in [0.4, 0.5) is 0 Å². The molecule has 7 atom stereocenters. The lowest BCUT2D eigenvalue weighted by Crippen LogP contribution is -2.59. The van der Waals surface area contributed by atoms with Crippen molar-refractivity contribution >= 4 is 5.97 Å². The van der Waals surface area contributed by atoms with Crippen LogP contribution in [0.15, 0.2) is 0 Å². The second-order valence-corrected chi connectivity index (χ2v) is 8.60. The van der Waals surface area contributed by atoms with Gasteiger partial charge in [-0.3, -0.25) is 4.79 Å². The Kier molecular flexibility index (Phi) is 3.08. The molecule has 7 unspecified atom stereocenters. The highest BCUT2D eigenvalue weighted by Crippen LogP contribution is 2.72. The van der Waals surface area contributed by atoms with Gasteiger partial charge in [0.25, 0.3) is 0 Å². The normalized spacial score (nSPS) is 54.3. The molecular weight excluding hydrogens is 268 g/mol. The van der Waals surface area contributed by atoms with Crippen molar-refractivity contribution in [3.63, 3.8) is 0 Å². The van der Waals surface area contributed by atoms with Gasteiger partial charge >= 0.3 is 5.97 Å². The Hall–Kier alpha value is -0.610. The van der Waals surface area contributed by atoms with E-state index in [0.717, 1.165) is 12.8 Å². The van der Waals surface area contributed by atoms with Crippen LogP contribution in [-0.4, -0.2) is 34.0 Å². The summed E-state index contributed by atoms with van der Waals surface area (Å²) in [4.78, 5) is 11.5. The van der Waals surface area contributed by atoms with Gasteiger partial charge in [-0.15, -0.1) is 0 Å². The Balaban J connectivity index is 2.10. The van der Waals surface area contributed by atoms with E-state index < -0.39 is 17.1 Å². The fourth-order valence-corrected chi connectivity index (χ4v) is 6.32. The van der Waals surface area contributed by atoms with Crippen molar-refractivity contribution in [1.29, 1.82) is 0 Å². The molecule has 0 aromatic heterocycles. The van der Waals surface area contributed by atoms with Gasteiger partial charge in [-0.25, -0.2) is 0 Å². The van der Waals surface area contributed by atoms with Gasteiger partial charge in [-0.1, -0.05) is 27.7 Å². The van der Waals surface area contributed by atoms with Crippen molar-refractivity contribution in [1.82, 2.24) is 0 Å². The standard InChI is InChI=1S/C17H28O4/c1-9-6-12(21-10(2)18)14-15(3,4)8-16(5)13(19)7-11(9)17(14,16)20/h9,11-14,19-20H,6-8H2,1-5H3. The second-order valence-electron chi connectivity index (χ2n) is 8.60. The zero-order valence-corrected chi connectivity index (χ0v) is 13.7. The highest BCUT2D eigenvalue weighted by Gasteiger charge is 2.76. The quantitative estimate of drug-likeness (QED) is 0.727. The molecule has 0 aromatic rings. The van der Waals surface area contributed by atoms with Gasteiger partial charge in [0.15, 0.2) is 0 Å². The van der Waals surface area contributed by atoms with E-state index >= 15 is 0 Å². The molecule has 3 aliphatic carbocycles. The van der Waals surface area contributed by atoms with E-state index in [1.54, 1.807) is 0 Å². The number of carbonyl (C=O) groups is 1. The van der Waals surface area contributed by atoms with E-state index in [4.69, 9.17) is 4.74 Å². The maximum Gasteiger partial charge on any atom is 0.302 e. The number of hydrogen-bond acceptors (Lipinski definition) is 4. The zero-order chi connectivity index (χ0) is 15.8. The summed E-state index contributed by atoms with van der Waals surface area (Å²) in [5, 5.41) is 22.3. The molecule has 0 saturated heterocycles. The minimum atomic E-state index is -0.937.